The van der Waals surface area contributed by atoms with E-state index in [1.165, 1.54) is 0 Å². The minimum absolute atomic E-state index is 0.0827. The van der Waals surface area contributed by atoms with Crippen molar-refractivity contribution in [1.29, 1.82) is 0 Å². The van der Waals surface area contributed by atoms with Crippen molar-refractivity contribution in [3.8, 4) is 0 Å². The molecule has 6 heteroatoms. The molecule has 1 aromatic heterocycles. The van der Waals surface area contributed by atoms with Crippen LogP contribution in [0.25, 0.3) is 0 Å². The molecule has 3 fully saturated rings. The highest BCUT2D eigenvalue weighted by Gasteiger charge is 2.47. The van der Waals surface area contributed by atoms with E-state index < -0.39 is 0 Å². The Hall–Kier alpha value is -1.66. The Morgan fingerprint density at radius 1 is 1.23 bits per heavy atom. The van der Waals surface area contributed by atoms with Crippen LogP contribution < -0.4 is 0 Å². The lowest BCUT2D eigenvalue weighted by atomic mass is 9.73. The lowest BCUT2D eigenvalue weighted by molar-refractivity contribution is -0.149. The first-order valence-electron chi connectivity index (χ1n) is 9.90. The van der Waals surface area contributed by atoms with Crippen LogP contribution in [-0.2, 0) is 16.1 Å². The zero-order valence-electron chi connectivity index (χ0n) is 15.4. The predicted octanol–water partition coefficient (Wildman–Crippen LogP) is 2.69. The van der Waals surface area contributed by atoms with Gasteiger partial charge in [0.1, 0.15) is 0 Å². The van der Waals surface area contributed by atoms with Gasteiger partial charge in [-0.2, -0.15) is 0 Å². The molecule has 3 aliphatic heterocycles. The summed E-state index contributed by atoms with van der Waals surface area (Å²) in [6, 6.07) is 6.08. The number of amides is 2. The number of carbonyl (C=O) groups is 1. The van der Waals surface area contributed by atoms with E-state index in [4.69, 9.17) is 9.47 Å². The van der Waals surface area contributed by atoms with Gasteiger partial charge in [-0.3, -0.25) is 4.98 Å². The van der Waals surface area contributed by atoms with E-state index in [0.717, 1.165) is 70.6 Å². The van der Waals surface area contributed by atoms with Crippen LogP contribution in [0.2, 0.25) is 0 Å². The second-order valence-corrected chi connectivity index (χ2v) is 7.83. The number of hydrogen-bond donors (Lipinski definition) is 0. The topological polar surface area (TPSA) is 54.9 Å². The molecule has 1 aromatic rings. The molecule has 4 heterocycles. The van der Waals surface area contributed by atoms with Crippen molar-refractivity contribution in [3.05, 3.63) is 30.1 Å². The third kappa shape index (κ3) is 3.71. The van der Waals surface area contributed by atoms with Crippen LogP contribution in [0.15, 0.2) is 24.4 Å². The Morgan fingerprint density at radius 3 is 2.92 bits per heavy atom. The van der Waals surface area contributed by atoms with Crippen LogP contribution in [0, 0.1) is 5.41 Å². The van der Waals surface area contributed by atoms with Crippen molar-refractivity contribution in [1.82, 2.24) is 14.8 Å². The summed E-state index contributed by atoms with van der Waals surface area (Å²) in [4.78, 5) is 21.3. The molecular weight excluding hydrogens is 330 g/mol. The summed E-state index contributed by atoms with van der Waals surface area (Å²) in [5.41, 5.74) is 0.860. The van der Waals surface area contributed by atoms with E-state index in [-0.39, 0.29) is 17.6 Å². The molecule has 3 saturated heterocycles. The number of urea groups is 1. The van der Waals surface area contributed by atoms with Crippen LogP contribution in [0.1, 0.15) is 37.8 Å². The van der Waals surface area contributed by atoms with E-state index in [1.807, 2.05) is 28.0 Å². The van der Waals surface area contributed by atoms with Crippen LogP contribution >= 0.6 is 0 Å². The molecule has 26 heavy (non-hydrogen) atoms. The minimum atomic E-state index is -0.0827. The molecule has 0 spiro atoms. The number of rotatable bonds is 4. The third-order valence-electron chi connectivity index (χ3n) is 6.00. The van der Waals surface area contributed by atoms with Crippen molar-refractivity contribution >= 4 is 6.03 Å². The zero-order chi connectivity index (χ0) is 17.8. The lowest BCUT2D eigenvalue weighted by Crippen LogP contribution is -2.59. The first kappa shape index (κ1) is 17.7. The minimum Gasteiger partial charge on any atom is -0.377 e. The maximum absolute atomic E-state index is 12.9. The van der Waals surface area contributed by atoms with E-state index in [0.29, 0.717) is 13.2 Å². The Morgan fingerprint density at radius 2 is 2.12 bits per heavy atom. The molecule has 4 rings (SSSR count). The van der Waals surface area contributed by atoms with Crippen molar-refractivity contribution in [2.45, 2.75) is 44.8 Å². The van der Waals surface area contributed by atoms with Crippen LogP contribution in [0.5, 0.6) is 0 Å². The molecule has 0 N–H and O–H groups in total. The number of piperidine rings is 1. The normalized spacial score (nSPS) is 28.8. The molecule has 2 atom stereocenters. The molecule has 0 aliphatic carbocycles. The molecule has 0 bridgehead atoms. The molecular formula is C20H29N3O3. The van der Waals surface area contributed by atoms with Crippen molar-refractivity contribution in [3.63, 3.8) is 0 Å². The van der Waals surface area contributed by atoms with Gasteiger partial charge < -0.3 is 19.3 Å². The van der Waals surface area contributed by atoms with Gasteiger partial charge in [-0.15, -0.1) is 0 Å². The van der Waals surface area contributed by atoms with Crippen LogP contribution in [-0.4, -0.2) is 66.3 Å². The molecule has 0 radical (unpaired) electrons. The number of carbonyl (C=O) groups excluding carboxylic acids is 1. The largest absolute Gasteiger partial charge is 0.377 e. The second kappa shape index (κ2) is 7.92. The van der Waals surface area contributed by atoms with Crippen LogP contribution in [0.4, 0.5) is 4.79 Å². The summed E-state index contributed by atoms with van der Waals surface area (Å²) in [5.74, 6) is 0. The van der Waals surface area contributed by atoms with E-state index in [9.17, 15) is 4.79 Å². The summed E-state index contributed by atoms with van der Waals surface area (Å²) >= 11 is 0. The summed E-state index contributed by atoms with van der Waals surface area (Å²) in [6.07, 6.45) is 7.25. The fourth-order valence-electron chi connectivity index (χ4n) is 4.62. The number of nitrogens with zero attached hydrogens (tertiary/aromatic N) is 3. The molecule has 6 nitrogen and oxygen atoms in total. The Balaban J connectivity index is 1.41. The van der Waals surface area contributed by atoms with Gasteiger partial charge in [0, 0.05) is 44.4 Å². The van der Waals surface area contributed by atoms with Gasteiger partial charge in [0.25, 0.3) is 0 Å². The molecule has 0 saturated carbocycles. The number of hydrogen-bond acceptors (Lipinski definition) is 4. The van der Waals surface area contributed by atoms with Gasteiger partial charge in [0.05, 0.1) is 25.0 Å². The fourth-order valence-corrected chi connectivity index (χ4v) is 4.62. The Bertz CT molecular complexity index is 606. The number of ether oxygens (including phenoxy) is 2. The lowest BCUT2D eigenvalue weighted by Gasteiger charge is -2.50. The van der Waals surface area contributed by atoms with Gasteiger partial charge in [0.15, 0.2) is 0 Å². The highest BCUT2D eigenvalue weighted by atomic mass is 16.5. The van der Waals surface area contributed by atoms with Gasteiger partial charge in [-0.1, -0.05) is 6.07 Å². The van der Waals surface area contributed by atoms with Crippen LogP contribution in [0.3, 0.4) is 0 Å². The van der Waals surface area contributed by atoms with E-state index in [2.05, 4.69) is 4.98 Å². The SMILES string of the molecule is O=C(N1CCCC1)N1CCC2OCCCC2(COCc2ccccn2)C1. The first-order chi connectivity index (χ1) is 12.8. The smallest absolute Gasteiger partial charge is 0.320 e. The average Bonchev–Trinajstić information content (AvgIpc) is 3.22. The zero-order valence-corrected chi connectivity index (χ0v) is 15.4. The fraction of sp³-hybridized carbons (Fsp3) is 0.700. The van der Waals surface area contributed by atoms with Gasteiger partial charge >= 0.3 is 6.03 Å². The van der Waals surface area contributed by atoms with E-state index >= 15 is 0 Å². The average molecular weight is 359 g/mol. The van der Waals surface area contributed by atoms with Crippen molar-refractivity contribution in [2.24, 2.45) is 5.41 Å². The number of fused-ring (bicyclic) bond motifs is 1. The number of likely N-dealkylation sites (tertiary alicyclic amines) is 2. The van der Waals surface area contributed by atoms with Gasteiger partial charge in [0.2, 0.25) is 0 Å². The van der Waals surface area contributed by atoms with Gasteiger partial charge in [-0.25, -0.2) is 4.79 Å². The standard InChI is InChI=1S/C20H29N3O3/c24-19(22-10-3-4-11-22)23-12-7-18-20(15-23,8-5-13-26-18)16-25-14-17-6-1-2-9-21-17/h1-2,6,9,18H,3-5,7-8,10-16H2. The summed E-state index contributed by atoms with van der Waals surface area (Å²) in [7, 11) is 0. The summed E-state index contributed by atoms with van der Waals surface area (Å²) in [6.45, 7) is 5.30. The highest BCUT2D eigenvalue weighted by Crippen LogP contribution is 2.41. The number of pyridine rings is 1. The summed E-state index contributed by atoms with van der Waals surface area (Å²) < 4.78 is 12.2. The molecule has 3 aliphatic rings. The Kier molecular flexibility index (Phi) is 5.41. The molecule has 2 unspecified atom stereocenters. The highest BCUT2D eigenvalue weighted by molar-refractivity contribution is 5.75. The Labute approximate surface area is 155 Å². The third-order valence-corrected chi connectivity index (χ3v) is 6.00. The summed E-state index contributed by atoms with van der Waals surface area (Å²) in [5, 5.41) is 0. The van der Waals surface area contributed by atoms with Crippen molar-refractivity contribution in [2.75, 3.05) is 39.4 Å². The first-order valence-corrected chi connectivity index (χ1v) is 9.90. The predicted molar refractivity (Wildman–Crippen MR) is 97.7 cm³/mol. The molecule has 142 valence electrons. The number of aromatic nitrogens is 1. The maximum atomic E-state index is 12.9. The van der Waals surface area contributed by atoms with Crippen molar-refractivity contribution < 1.29 is 14.3 Å². The second-order valence-electron chi connectivity index (χ2n) is 7.83. The van der Waals surface area contributed by atoms with Gasteiger partial charge in [-0.05, 0) is 44.2 Å². The quantitative estimate of drug-likeness (QED) is 0.829. The van der Waals surface area contributed by atoms with E-state index in [1.54, 1.807) is 6.20 Å². The molecule has 0 aromatic carbocycles. The maximum Gasteiger partial charge on any atom is 0.320 e. The monoisotopic (exact) mass is 359 g/mol. The molecule has 2 amide bonds.